The summed E-state index contributed by atoms with van der Waals surface area (Å²) in [6.45, 7) is 5.48. The molecule has 1 aliphatic rings. The maximum atomic E-state index is 11.3. The number of piperidine rings is 1. The number of benzene rings is 1. The van der Waals surface area contributed by atoms with E-state index in [1.54, 1.807) is 0 Å². The molecule has 2 aromatic rings. The molecule has 0 spiro atoms. The zero-order valence-corrected chi connectivity index (χ0v) is 13.4. The van der Waals surface area contributed by atoms with Crippen LogP contribution >= 0.6 is 0 Å². The molecule has 0 bridgehead atoms. The Bertz CT molecular complexity index is 683. The highest BCUT2D eigenvalue weighted by atomic mass is 16.1. The Morgan fingerprint density at radius 3 is 2.68 bits per heavy atom. The van der Waals surface area contributed by atoms with Gasteiger partial charge in [-0.2, -0.15) is 5.10 Å². The Morgan fingerprint density at radius 1 is 1.32 bits per heavy atom. The molecule has 22 heavy (non-hydrogen) atoms. The van der Waals surface area contributed by atoms with Gasteiger partial charge in [-0.3, -0.25) is 9.48 Å². The predicted molar refractivity (Wildman–Crippen MR) is 87.5 cm³/mol. The second-order valence-corrected chi connectivity index (χ2v) is 6.88. The van der Waals surface area contributed by atoms with Crippen molar-refractivity contribution in [1.82, 2.24) is 14.7 Å². The van der Waals surface area contributed by atoms with E-state index in [2.05, 4.69) is 29.6 Å². The molecule has 1 fully saturated rings. The van der Waals surface area contributed by atoms with Crippen molar-refractivity contribution < 1.29 is 4.79 Å². The van der Waals surface area contributed by atoms with Crippen molar-refractivity contribution in [2.24, 2.45) is 11.1 Å². The molecule has 1 saturated heterocycles. The molecule has 1 aromatic carbocycles. The normalized spacial score (nSPS) is 18.6. The number of rotatable bonds is 4. The molecule has 2 N–H and O–H groups in total. The molecule has 0 unspecified atom stereocenters. The van der Waals surface area contributed by atoms with Gasteiger partial charge in [0.05, 0.1) is 17.6 Å². The average Bonchev–Trinajstić information content (AvgIpc) is 2.80. The van der Waals surface area contributed by atoms with Crippen LogP contribution in [0.4, 0.5) is 0 Å². The van der Waals surface area contributed by atoms with Crippen LogP contribution in [-0.2, 0) is 17.8 Å². The fourth-order valence-corrected chi connectivity index (χ4v) is 3.29. The molecular formula is C17H24N4O. The summed E-state index contributed by atoms with van der Waals surface area (Å²) in [7, 11) is 2.17. The van der Waals surface area contributed by atoms with Crippen molar-refractivity contribution in [2.45, 2.75) is 32.7 Å². The number of para-hydroxylation sites is 1. The summed E-state index contributed by atoms with van der Waals surface area (Å²) < 4.78 is 2.07. The van der Waals surface area contributed by atoms with Gasteiger partial charge in [0.1, 0.15) is 0 Å². The van der Waals surface area contributed by atoms with E-state index in [-0.39, 0.29) is 17.7 Å². The van der Waals surface area contributed by atoms with E-state index < -0.39 is 0 Å². The first kappa shape index (κ1) is 15.0. The van der Waals surface area contributed by atoms with E-state index >= 15 is 0 Å². The summed E-state index contributed by atoms with van der Waals surface area (Å²) in [5.74, 6) is -0.332. The number of primary amides is 1. The fraction of sp³-hybridized carbons (Fsp3) is 0.529. The summed E-state index contributed by atoms with van der Waals surface area (Å²) in [6.07, 6.45) is 2.54. The first-order valence-electron chi connectivity index (χ1n) is 7.88. The molecule has 3 rings (SSSR count). The van der Waals surface area contributed by atoms with Crippen molar-refractivity contribution in [3.63, 3.8) is 0 Å². The van der Waals surface area contributed by atoms with Crippen LogP contribution in [0.5, 0.6) is 0 Å². The quantitative estimate of drug-likeness (QED) is 0.936. The monoisotopic (exact) mass is 300 g/mol. The molecule has 5 nitrogen and oxygen atoms in total. The standard InChI is InChI=1S/C17H24N4O/c1-17(7-9-20(2)10-8-17)12-21-15-6-4-3-5-13(15)14(19-21)11-16(18)22/h3-6H,7-12H2,1-2H3,(H2,18,22). The SMILES string of the molecule is CN1CCC(C)(Cn2nc(CC(N)=O)c3ccccc32)CC1. The molecule has 118 valence electrons. The summed E-state index contributed by atoms with van der Waals surface area (Å²) in [6, 6.07) is 8.10. The van der Waals surface area contributed by atoms with Gasteiger partial charge < -0.3 is 10.6 Å². The van der Waals surface area contributed by atoms with Crippen LogP contribution in [-0.4, -0.2) is 40.7 Å². The van der Waals surface area contributed by atoms with Crippen molar-refractivity contribution >= 4 is 16.8 Å². The number of amides is 1. The van der Waals surface area contributed by atoms with Gasteiger partial charge in [0.15, 0.2) is 0 Å². The number of likely N-dealkylation sites (tertiary alicyclic amines) is 1. The van der Waals surface area contributed by atoms with Crippen LogP contribution in [0.1, 0.15) is 25.5 Å². The lowest BCUT2D eigenvalue weighted by Gasteiger charge is -2.37. The minimum atomic E-state index is -0.332. The number of carbonyl (C=O) groups excluding carboxylic acids is 1. The van der Waals surface area contributed by atoms with Crippen LogP contribution in [0.25, 0.3) is 10.9 Å². The third-order valence-corrected chi connectivity index (χ3v) is 4.80. The first-order valence-corrected chi connectivity index (χ1v) is 7.88. The molecule has 0 saturated carbocycles. The maximum Gasteiger partial charge on any atom is 0.223 e. The summed E-state index contributed by atoms with van der Waals surface area (Å²) in [5, 5.41) is 5.73. The van der Waals surface area contributed by atoms with E-state index in [9.17, 15) is 4.79 Å². The van der Waals surface area contributed by atoms with Gasteiger partial charge in [-0.05, 0) is 44.5 Å². The van der Waals surface area contributed by atoms with Crippen molar-refractivity contribution in [3.05, 3.63) is 30.0 Å². The van der Waals surface area contributed by atoms with Gasteiger partial charge in [0, 0.05) is 11.9 Å². The molecule has 1 aliphatic heterocycles. The lowest BCUT2D eigenvalue weighted by Crippen LogP contribution is -2.38. The van der Waals surface area contributed by atoms with Crippen molar-refractivity contribution in [2.75, 3.05) is 20.1 Å². The van der Waals surface area contributed by atoms with Gasteiger partial charge in [-0.15, -0.1) is 0 Å². The maximum absolute atomic E-state index is 11.3. The minimum Gasteiger partial charge on any atom is -0.369 e. The Labute approximate surface area is 131 Å². The van der Waals surface area contributed by atoms with Crippen LogP contribution in [0.3, 0.4) is 0 Å². The minimum absolute atomic E-state index is 0.201. The van der Waals surface area contributed by atoms with E-state index in [1.807, 2.05) is 18.2 Å². The Hall–Kier alpha value is -1.88. The number of fused-ring (bicyclic) bond motifs is 1. The van der Waals surface area contributed by atoms with Crippen molar-refractivity contribution in [1.29, 1.82) is 0 Å². The highest BCUT2D eigenvalue weighted by Crippen LogP contribution is 2.33. The number of nitrogens with two attached hydrogens (primary N) is 1. The summed E-state index contributed by atoms with van der Waals surface area (Å²) in [5.41, 5.74) is 7.50. The zero-order chi connectivity index (χ0) is 15.7. The van der Waals surface area contributed by atoms with Crippen molar-refractivity contribution in [3.8, 4) is 0 Å². The Kier molecular flexibility index (Phi) is 3.91. The largest absolute Gasteiger partial charge is 0.369 e. The third kappa shape index (κ3) is 2.99. The third-order valence-electron chi connectivity index (χ3n) is 4.80. The van der Waals surface area contributed by atoms with E-state index in [1.165, 1.54) is 12.8 Å². The van der Waals surface area contributed by atoms with E-state index in [0.29, 0.717) is 0 Å². The van der Waals surface area contributed by atoms with Gasteiger partial charge in [-0.1, -0.05) is 25.1 Å². The molecule has 0 atom stereocenters. The second-order valence-electron chi connectivity index (χ2n) is 6.88. The molecular weight excluding hydrogens is 276 g/mol. The van der Waals surface area contributed by atoms with Crippen LogP contribution < -0.4 is 5.73 Å². The lowest BCUT2D eigenvalue weighted by molar-refractivity contribution is -0.117. The predicted octanol–water partition coefficient (Wildman–Crippen LogP) is 1.80. The van der Waals surface area contributed by atoms with Gasteiger partial charge in [-0.25, -0.2) is 0 Å². The molecule has 2 heterocycles. The Balaban J connectivity index is 1.92. The van der Waals surface area contributed by atoms with Gasteiger partial charge >= 0.3 is 0 Å². The molecule has 1 aromatic heterocycles. The van der Waals surface area contributed by atoms with Crippen LogP contribution in [0.15, 0.2) is 24.3 Å². The summed E-state index contributed by atoms with van der Waals surface area (Å²) in [4.78, 5) is 13.7. The number of aromatic nitrogens is 2. The first-order chi connectivity index (χ1) is 10.5. The number of nitrogens with zero attached hydrogens (tertiary/aromatic N) is 3. The average molecular weight is 300 g/mol. The topological polar surface area (TPSA) is 64.2 Å². The summed E-state index contributed by atoms with van der Waals surface area (Å²) >= 11 is 0. The lowest BCUT2D eigenvalue weighted by atomic mass is 9.80. The fourth-order valence-electron chi connectivity index (χ4n) is 3.29. The van der Waals surface area contributed by atoms with Gasteiger partial charge in [0.2, 0.25) is 5.91 Å². The van der Waals surface area contributed by atoms with Gasteiger partial charge in [0.25, 0.3) is 0 Å². The smallest absolute Gasteiger partial charge is 0.223 e. The molecule has 0 aliphatic carbocycles. The highest BCUT2D eigenvalue weighted by molar-refractivity contribution is 5.87. The van der Waals surface area contributed by atoms with Crippen LogP contribution in [0.2, 0.25) is 0 Å². The second kappa shape index (κ2) is 5.72. The highest BCUT2D eigenvalue weighted by Gasteiger charge is 2.30. The molecule has 5 heteroatoms. The Morgan fingerprint density at radius 2 is 2.00 bits per heavy atom. The molecule has 0 radical (unpaired) electrons. The number of carbonyl (C=O) groups is 1. The van der Waals surface area contributed by atoms with E-state index in [0.717, 1.165) is 36.2 Å². The number of hydrogen-bond donors (Lipinski definition) is 1. The zero-order valence-electron chi connectivity index (χ0n) is 13.4. The van der Waals surface area contributed by atoms with E-state index in [4.69, 9.17) is 10.8 Å². The molecule has 1 amide bonds. The van der Waals surface area contributed by atoms with Crippen LogP contribution in [0, 0.1) is 5.41 Å². The number of hydrogen-bond acceptors (Lipinski definition) is 3.